The van der Waals surface area contributed by atoms with Crippen LogP contribution in [0.25, 0.3) is 0 Å². The number of nitrogens with zero attached hydrogens (tertiary/aromatic N) is 1. The van der Waals surface area contributed by atoms with Crippen molar-refractivity contribution in [1.29, 1.82) is 0 Å². The molecule has 1 N–H and O–H groups in total. The van der Waals surface area contributed by atoms with Crippen LogP contribution in [-0.2, 0) is 0 Å². The topological polar surface area (TPSA) is 28.7 Å². The molecule has 0 unspecified atom stereocenters. The fourth-order valence-corrected chi connectivity index (χ4v) is 0.442. The summed E-state index contributed by atoms with van der Waals surface area (Å²) < 4.78 is 0. The fourth-order valence-electron chi connectivity index (χ4n) is 0.442. The van der Waals surface area contributed by atoms with Gasteiger partial charge in [0.2, 0.25) is 0 Å². The Hall–Kier alpha value is -0.790. The third kappa shape index (κ3) is 0.796. The van der Waals surface area contributed by atoms with Crippen LogP contribution in [0, 0.1) is 13.8 Å². The predicted molar refractivity (Wildman–Crippen MR) is 26.7 cm³/mol. The molecular formula is C5H6N2. The van der Waals surface area contributed by atoms with Gasteiger partial charge < -0.3 is 0 Å². The molecule has 0 saturated carbocycles. The lowest BCUT2D eigenvalue weighted by Crippen LogP contribution is -1.68. The van der Waals surface area contributed by atoms with Crippen LogP contribution in [-0.4, -0.2) is 10.2 Å². The second kappa shape index (κ2) is 1.37. The molecule has 2 radical (unpaired) electrons. The van der Waals surface area contributed by atoms with Crippen molar-refractivity contribution in [3.05, 3.63) is 24.4 Å². The highest BCUT2D eigenvalue weighted by molar-refractivity contribution is 5.08. The van der Waals surface area contributed by atoms with Crippen molar-refractivity contribution in [3.8, 4) is 0 Å². The average molecular weight is 94.1 g/mol. The third-order valence-electron chi connectivity index (χ3n) is 0.726. The molecule has 0 aliphatic rings. The Balaban J connectivity index is 3.04. The van der Waals surface area contributed by atoms with Gasteiger partial charge in [-0.2, -0.15) is 5.10 Å². The first-order chi connectivity index (χ1) is 3.29. The van der Waals surface area contributed by atoms with Crippen LogP contribution in [0.2, 0.25) is 0 Å². The zero-order chi connectivity index (χ0) is 5.28. The smallest absolute Gasteiger partial charge is 0.0594 e. The van der Waals surface area contributed by atoms with E-state index in [4.69, 9.17) is 6.92 Å². The molecule has 0 amide bonds. The second-order valence-electron chi connectivity index (χ2n) is 1.46. The summed E-state index contributed by atoms with van der Waals surface area (Å²) in [7, 11) is 0. The summed E-state index contributed by atoms with van der Waals surface area (Å²) in [6, 6.07) is 1.78. The quantitative estimate of drug-likeness (QED) is 0.505. The largest absolute Gasteiger partial charge is 0.282 e. The molecule has 1 rings (SSSR count). The maximum absolute atomic E-state index is 5.26. The molecule has 0 saturated heterocycles. The van der Waals surface area contributed by atoms with E-state index in [-0.39, 0.29) is 0 Å². The zero-order valence-corrected chi connectivity index (χ0v) is 4.10. The van der Waals surface area contributed by atoms with Crippen molar-refractivity contribution in [3.63, 3.8) is 0 Å². The Morgan fingerprint density at radius 3 is 2.71 bits per heavy atom. The summed E-state index contributed by atoms with van der Waals surface area (Å²) in [5, 5.41) is 6.36. The number of aromatic nitrogens is 2. The highest BCUT2D eigenvalue weighted by atomic mass is 15.1. The van der Waals surface area contributed by atoms with Gasteiger partial charge in [0.15, 0.2) is 0 Å². The number of H-pyrrole nitrogens is 1. The van der Waals surface area contributed by atoms with E-state index in [9.17, 15) is 0 Å². The molecule has 0 fully saturated rings. The minimum absolute atomic E-state index is 0.623. The van der Waals surface area contributed by atoms with E-state index in [1.165, 1.54) is 0 Å². The molecule has 0 atom stereocenters. The first-order valence-electron chi connectivity index (χ1n) is 2.06. The summed E-state index contributed by atoms with van der Waals surface area (Å²) in [6.07, 6.45) is 0. The van der Waals surface area contributed by atoms with Crippen LogP contribution in [0.4, 0.5) is 0 Å². The average Bonchev–Trinajstić information content (AvgIpc) is 1.87. The van der Waals surface area contributed by atoms with Crippen LogP contribution in [0.15, 0.2) is 6.07 Å². The minimum Gasteiger partial charge on any atom is -0.282 e. The molecule has 0 bridgehead atoms. The summed E-state index contributed by atoms with van der Waals surface area (Å²) in [6.45, 7) is 7.14. The molecule has 0 aliphatic carbocycles. The van der Waals surface area contributed by atoms with Gasteiger partial charge in [-0.3, -0.25) is 5.10 Å². The summed E-state index contributed by atoms with van der Waals surface area (Å²) >= 11 is 0. The van der Waals surface area contributed by atoms with E-state index in [0.717, 1.165) is 5.69 Å². The molecule has 0 spiro atoms. The van der Waals surface area contributed by atoms with Gasteiger partial charge in [0, 0.05) is 12.6 Å². The molecule has 7 heavy (non-hydrogen) atoms. The van der Waals surface area contributed by atoms with Crippen molar-refractivity contribution >= 4 is 0 Å². The number of rotatable bonds is 0. The molecule has 36 valence electrons. The van der Waals surface area contributed by atoms with Gasteiger partial charge >= 0.3 is 0 Å². The standard InChI is InChI=1S/C5H6N2/c1-4-3-5(2)7-6-4/h1,3H,2H3,(H,6,7). The Morgan fingerprint density at radius 2 is 2.57 bits per heavy atom. The highest BCUT2D eigenvalue weighted by Crippen LogP contribution is 1.92. The van der Waals surface area contributed by atoms with Gasteiger partial charge in [-0.15, -0.1) is 0 Å². The first kappa shape index (κ1) is 4.37. The van der Waals surface area contributed by atoms with E-state index in [1.54, 1.807) is 6.07 Å². The lowest BCUT2D eigenvalue weighted by Gasteiger charge is -1.67. The summed E-state index contributed by atoms with van der Waals surface area (Å²) in [5.41, 5.74) is 1.55. The zero-order valence-electron chi connectivity index (χ0n) is 4.10. The van der Waals surface area contributed by atoms with E-state index >= 15 is 0 Å². The SMILES string of the molecule is [CH]c1cc(C)n[nH]1. The van der Waals surface area contributed by atoms with Gasteiger partial charge in [-0.05, 0) is 13.0 Å². The Morgan fingerprint density at radius 1 is 1.86 bits per heavy atom. The van der Waals surface area contributed by atoms with E-state index < -0.39 is 0 Å². The monoisotopic (exact) mass is 94.1 g/mol. The molecule has 2 nitrogen and oxygen atoms in total. The molecule has 2 heteroatoms. The fraction of sp³-hybridized carbons (Fsp3) is 0.200. The van der Waals surface area contributed by atoms with E-state index in [2.05, 4.69) is 10.2 Å². The van der Waals surface area contributed by atoms with Crippen molar-refractivity contribution in [2.24, 2.45) is 0 Å². The van der Waals surface area contributed by atoms with Crippen molar-refractivity contribution in [2.75, 3.05) is 0 Å². The number of hydrogen-bond donors (Lipinski definition) is 1. The molecule has 0 aromatic carbocycles. The van der Waals surface area contributed by atoms with Crippen LogP contribution < -0.4 is 0 Å². The maximum Gasteiger partial charge on any atom is 0.0594 e. The second-order valence-corrected chi connectivity index (χ2v) is 1.46. The van der Waals surface area contributed by atoms with Gasteiger partial charge in [-0.1, -0.05) is 0 Å². The van der Waals surface area contributed by atoms with Crippen LogP contribution >= 0.6 is 0 Å². The molecular weight excluding hydrogens is 88.1 g/mol. The number of aromatic amines is 1. The number of hydrogen-bond acceptors (Lipinski definition) is 1. The lowest BCUT2D eigenvalue weighted by molar-refractivity contribution is 1.03. The van der Waals surface area contributed by atoms with Crippen molar-refractivity contribution in [1.82, 2.24) is 10.2 Å². The van der Waals surface area contributed by atoms with Gasteiger partial charge in [0.25, 0.3) is 0 Å². The Kier molecular flexibility index (Phi) is 0.855. The predicted octanol–water partition coefficient (Wildman–Crippen LogP) is 0.777. The van der Waals surface area contributed by atoms with E-state index in [0.29, 0.717) is 5.69 Å². The van der Waals surface area contributed by atoms with Crippen molar-refractivity contribution < 1.29 is 0 Å². The highest BCUT2D eigenvalue weighted by Gasteiger charge is 1.84. The van der Waals surface area contributed by atoms with Crippen LogP contribution in [0.1, 0.15) is 11.4 Å². The van der Waals surface area contributed by atoms with E-state index in [1.807, 2.05) is 6.92 Å². The number of nitrogens with one attached hydrogen (secondary N) is 1. The van der Waals surface area contributed by atoms with Gasteiger partial charge in [0.1, 0.15) is 0 Å². The maximum atomic E-state index is 5.26. The van der Waals surface area contributed by atoms with Crippen LogP contribution in [0.3, 0.4) is 0 Å². The first-order valence-corrected chi connectivity index (χ1v) is 2.06. The Labute approximate surface area is 42.6 Å². The summed E-state index contributed by atoms with van der Waals surface area (Å²) in [5.74, 6) is 0. The summed E-state index contributed by atoms with van der Waals surface area (Å²) in [4.78, 5) is 0. The minimum atomic E-state index is 0.623. The Bertz CT molecular complexity index is 138. The third-order valence-corrected chi connectivity index (χ3v) is 0.726. The normalized spacial score (nSPS) is 9.43. The molecule has 1 aromatic heterocycles. The van der Waals surface area contributed by atoms with Crippen molar-refractivity contribution in [2.45, 2.75) is 6.92 Å². The number of aryl methyl sites for hydroxylation is 1. The molecule has 1 heterocycles. The molecule has 1 aromatic rings. The lowest BCUT2D eigenvalue weighted by atomic mass is 10.4. The molecule has 0 aliphatic heterocycles. The van der Waals surface area contributed by atoms with Crippen LogP contribution in [0.5, 0.6) is 0 Å². The van der Waals surface area contributed by atoms with Gasteiger partial charge in [-0.25, -0.2) is 0 Å². The van der Waals surface area contributed by atoms with Gasteiger partial charge in [0.05, 0.1) is 5.69 Å².